The van der Waals surface area contributed by atoms with E-state index in [9.17, 15) is 0 Å². The van der Waals surface area contributed by atoms with Crippen LogP contribution in [-0.4, -0.2) is 17.1 Å². The van der Waals surface area contributed by atoms with Crippen LogP contribution in [0.2, 0.25) is 5.15 Å². The van der Waals surface area contributed by atoms with Crippen molar-refractivity contribution in [2.24, 2.45) is 0 Å². The lowest BCUT2D eigenvalue weighted by Gasteiger charge is -2.09. The van der Waals surface area contributed by atoms with Crippen molar-refractivity contribution in [2.45, 2.75) is 0 Å². The maximum Gasteiger partial charge on any atom is 0.223 e. The Kier molecular flexibility index (Phi) is 3.60. The van der Waals surface area contributed by atoms with Crippen molar-refractivity contribution in [3.05, 3.63) is 41.3 Å². The molecule has 0 atom stereocenters. The van der Waals surface area contributed by atoms with Crippen LogP contribution in [0.25, 0.3) is 0 Å². The van der Waals surface area contributed by atoms with E-state index >= 15 is 0 Å². The number of nitrogens with zero attached hydrogens (tertiary/aromatic N) is 3. The molecule has 18 heavy (non-hydrogen) atoms. The lowest BCUT2D eigenvalue weighted by molar-refractivity contribution is 0.374. The Morgan fingerprint density at radius 3 is 2.72 bits per heavy atom. The van der Waals surface area contributed by atoms with Gasteiger partial charge in [0.15, 0.2) is 11.5 Å². The molecule has 1 heterocycles. The van der Waals surface area contributed by atoms with Crippen LogP contribution in [0, 0.1) is 11.3 Å². The van der Waals surface area contributed by atoms with Gasteiger partial charge in [0, 0.05) is 12.1 Å². The first-order valence-corrected chi connectivity index (χ1v) is 5.34. The van der Waals surface area contributed by atoms with Gasteiger partial charge in [-0.1, -0.05) is 11.6 Å². The van der Waals surface area contributed by atoms with Gasteiger partial charge < -0.3 is 9.47 Å². The third-order valence-corrected chi connectivity index (χ3v) is 2.32. The summed E-state index contributed by atoms with van der Waals surface area (Å²) in [5, 5.41) is 9.07. The third kappa shape index (κ3) is 2.67. The van der Waals surface area contributed by atoms with Crippen molar-refractivity contribution in [2.75, 3.05) is 7.11 Å². The summed E-state index contributed by atoms with van der Waals surface area (Å²) in [5.74, 6) is 1.20. The summed E-state index contributed by atoms with van der Waals surface area (Å²) in [7, 11) is 1.50. The van der Waals surface area contributed by atoms with E-state index in [0.717, 1.165) is 0 Å². The first-order chi connectivity index (χ1) is 8.72. The lowest BCUT2D eigenvalue weighted by Crippen LogP contribution is -1.93. The van der Waals surface area contributed by atoms with E-state index in [-0.39, 0.29) is 5.15 Å². The van der Waals surface area contributed by atoms with Crippen molar-refractivity contribution in [1.82, 2.24) is 9.97 Å². The van der Waals surface area contributed by atoms with E-state index in [1.165, 1.54) is 19.5 Å². The highest BCUT2D eigenvalue weighted by Gasteiger charge is 2.08. The highest BCUT2D eigenvalue weighted by molar-refractivity contribution is 6.29. The number of rotatable bonds is 3. The van der Waals surface area contributed by atoms with Crippen molar-refractivity contribution in [3.63, 3.8) is 0 Å². The predicted octanol–water partition coefficient (Wildman–Crippen LogP) is 2.80. The zero-order valence-corrected chi connectivity index (χ0v) is 10.2. The lowest BCUT2D eigenvalue weighted by atomic mass is 10.2. The molecule has 90 valence electrons. The first kappa shape index (κ1) is 12.1. The Morgan fingerprint density at radius 1 is 1.22 bits per heavy atom. The monoisotopic (exact) mass is 261 g/mol. The minimum absolute atomic E-state index is 0.285. The molecule has 0 aliphatic heterocycles. The molecule has 5 nitrogen and oxygen atoms in total. The SMILES string of the molecule is COc1cc(C#N)ccc1Oc1cc(Cl)ncn1. The van der Waals surface area contributed by atoms with Crippen LogP contribution in [0.1, 0.15) is 5.56 Å². The molecule has 0 radical (unpaired) electrons. The van der Waals surface area contributed by atoms with Crippen molar-refractivity contribution in [3.8, 4) is 23.4 Å². The molecule has 2 rings (SSSR count). The molecular weight excluding hydrogens is 254 g/mol. The van der Waals surface area contributed by atoms with Crippen LogP contribution in [0.3, 0.4) is 0 Å². The van der Waals surface area contributed by atoms with Crippen molar-refractivity contribution in [1.29, 1.82) is 5.26 Å². The van der Waals surface area contributed by atoms with Crippen LogP contribution in [0.5, 0.6) is 17.4 Å². The maximum atomic E-state index is 8.79. The number of ether oxygens (including phenoxy) is 2. The third-order valence-electron chi connectivity index (χ3n) is 2.12. The van der Waals surface area contributed by atoms with Gasteiger partial charge in [0.25, 0.3) is 0 Å². The van der Waals surface area contributed by atoms with Crippen LogP contribution >= 0.6 is 11.6 Å². The fraction of sp³-hybridized carbons (Fsp3) is 0.0833. The molecule has 0 amide bonds. The molecule has 0 saturated heterocycles. The van der Waals surface area contributed by atoms with E-state index in [2.05, 4.69) is 9.97 Å². The number of benzene rings is 1. The summed E-state index contributed by atoms with van der Waals surface area (Å²) in [6.45, 7) is 0. The zero-order chi connectivity index (χ0) is 13.0. The van der Waals surface area contributed by atoms with Gasteiger partial charge in [-0.05, 0) is 12.1 Å². The summed E-state index contributed by atoms with van der Waals surface area (Å²) in [6, 6.07) is 8.34. The number of halogens is 1. The van der Waals surface area contributed by atoms with Crippen molar-refractivity contribution >= 4 is 11.6 Å². The Morgan fingerprint density at radius 2 is 2.06 bits per heavy atom. The van der Waals surface area contributed by atoms with Gasteiger partial charge in [-0.15, -0.1) is 0 Å². The first-order valence-electron chi connectivity index (χ1n) is 4.96. The fourth-order valence-electron chi connectivity index (χ4n) is 1.31. The molecule has 0 saturated carbocycles. The van der Waals surface area contributed by atoms with Gasteiger partial charge in [-0.3, -0.25) is 0 Å². The number of hydrogen-bond acceptors (Lipinski definition) is 5. The van der Waals surface area contributed by atoms with Crippen molar-refractivity contribution < 1.29 is 9.47 Å². The molecule has 0 spiro atoms. The molecule has 1 aromatic carbocycles. The second kappa shape index (κ2) is 5.34. The van der Waals surface area contributed by atoms with Gasteiger partial charge in [-0.25, -0.2) is 9.97 Å². The van der Waals surface area contributed by atoms with Crippen LogP contribution in [-0.2, 0) is 0 Å². The Hall–Kier alpha value is -2.32. The predicted molar refractivity (Wildman–Crippen MR) is 64.8 cm³/mol. The molecule has 0 unspecified atom stereocenters. The Labute approximate surface area is 109 Å². The van der Waals surface area contributed by atoms with E-state index in [4.69, 9.17) is 26.3 Å². The maximum absolute atomic E-state index is 8.79. The van der Waals surface area contributed by atoms with Gasteiger partial charge >= 0.3 is 0 Å². The van der Waals surface area contributed by atoms with E-state index in [0.29, 0.717) is 22.9 Å². The summed E-state index contributed by atoms with van der Waals surface area (Å²) in [5.41, 5.74) is 0.486. The zero-order valence-electron chi connectivity index (χ0n) is 9.42. The summed E-state index contributed by atoms with van der Waals surface area (Å²) in [6.07, 6.45) is 1.30. The number of aromatic nitrogens is 2. The van der Waals surface area contributed by atoms with Crippen LogP contribution in [0.15, 0.2) is 30.6 Å². The largest absolute Gasteiger partial charge is 0.493 e. The van der Waals surface area contributed by atoms with Gasteiger partial charge in [0.05, 0.1) is 18.7 Å². The molecule has 0 bridgehead atoms. The fourth-order valence-corrected chi connectivity index (χ4v) is 1.44. The minimum atomic E-state index is 0.285. The van der Waals surface area contributed by atoms with Gasteiger partial charge in [0.2, 0.25) is 5.88 Å². The number of hydrogen-bond donors (Lipinski definition) is 0. The molecule has 0 fully saturated rings. The Balaban J connectivity index is 2.32. The molecule has 6 heteroatoms. The number of nitriles is 1. The van der Waals surface area contributed by atoms with Crippen LogP contribution in [0.4, 0.5) is 0 Å². The van der Waals surface area contributed by atoms with Gasteiger partial charge in [0.1, 0.15) is 11.5 Å². The second-order valence-corrected chi connectivity index (χ2v) is 3.65. The molecule has 0 aliphatic rings. The number of methoxy groups -OCH3 is 1. The van der Waals surface area contributed by atoms with E-state index in [1.54, 1.807) is 18.2 Å². The smallest absolute Gasteiger partial charge is 0.223 e. The molecule has 0 aliphatic carbocycles. The normalized spacial score (nSPS) is 9.61. The quantitative estimate of drug-likeness (QED) is 0.795. The van der Waals surface area contributed by atoms with E-state index < -0.39 is 0 Å². The highest BCUT2D eigenvalue weighted by atomic mass is 35.5. The molecule has 0 N–H and O–H groups in total. The molecule has 2 aromatic rings. The average molecular weight is 262 g/mol. The molecular formula is C12H8ClN3O2. The Bertz CT molecular complexity index is 611. The highest BCUT2D eigenvalue weighted by Crippen LogP contribution is 2.31. The second-order valence-electron chi connectivity index (χ2n) is 3.26. The summed E-state index contributed by atoms with van der Waals surface area (Å²) < 4.78 is 10.6. The topological polar surface area (TPSA) is 68.0 Å². The summed E-state index contributed by atoms with van der Waals surface area (Å²) >= 11 is 5.73. The molecule has 1 aromatic heterocycles. The standard InChI is InChI=1S/C12H8ClN3O2/c1-17-10-4-8(6-14)2-3-9(10)18-12-5-11(13)15-7-16-12/h2-5,7H,1H3. The summed E-state index contributed by atoms with van der Waals surface area (Å²) in [4.78, 5) is 7.67. The average Bonchev–Trinajstić information content (AvgIpc) is 2.39. The minimum Gasteiger partial charge on any atom is -0.493 e. The van der Waals surface area contributed by atoms with E-state index in [1.807, 2.05) is 6.07 Å². The van der Waals surface area contributed by atoms with Crippen LogP contribution < -0.4 is 9.47 Å². The van der Waals surface area contributed by atoms with Gasteiger partial charge in [-0.2, -0.15) is 5.26 Å².